The molecule has 2 aromatic heterocycles. The summed E-state index contributed by atoms with van der Waals surface area (Å²) in [5.74, 6) is 0. The van der Waals surface area contributed by atoms with Crippen LogP contribution in [0.3, 0.4) is 0 Å². The second-order valence-corrected chi connectivity index (χ2v) is 5.49. The zero-order valence-electron chi connectivity index (χ0n) is 10.3. The van der Waals surface area contributed by atoms with E-state index in [2.05, 4.69) is 15.0 Å². The molecule has 19 heavy (non-hydrogen) atoms. The molecule has 0 fully saturated rings. The summed E-state index contributed by atoms with van der Waals surface area (Å²) in [6.07, 6.45) is 5.02. The molecule has 0 aliphatic rings. The fourth-order valence-corrected chi connectivity index (χ4v) is 2.84. The smallest absolute Gasteiger partial charge is 0.223 e. The van der Waals surface area contributed by atoms with Gasteiger partial charge in [0, 0.05) is 24.0 Å². The number of nitrogens with zero attached hydrogens (tertiary/aromatic N) is 3. The van der Waals surface area contributed by atoms with Gasteiger partial charge >= 0.3 is 0 Å². The van der Waals surface area contributed by atoms with Crippen LogP contribution < -0.4 is 0 Å². The van der Waals surface area contributed by atoms with Crippen LogP contribution in [0.2, 0.25) is 0 Å². The number of pyridine rings is 1. The maximum absolute atomic E-state index is 12.5. The van der Waals surface area contributed by atoms with Crippen molar-refractivity contribution in [2.45, 2.75) is 17.0 Å². The van der Waals surface area contributed by atoms with Crippen LogP contribution in [-0.2, 0) is 10.8 Å². The lowest BCUT2D eigenvalue weighted by atomic mass is 10.2. The molecule has 0 aliphatic heterocycles. The first-order chi connectivity index (χ1) is 9.25. The van der Waals surface area contributed by atoms with Crippen LogP contribution in [0, 0.1) is 6.92 Å². The van der Waals surface area contributed by atoms with E-state index < -0.39 is 10.8 Å². The van der Waals surface area contributed by atoms with Crippen molar-refractivity contribution in [1.82, 2.24) is 15.0 Å². The van der Waals surface area contributed by atoms with Gasteiger partial charge in [-0.05, 0) is 24.6 Å². The minimum absolute atomic E-state index is 0.309. The van der Waals surface area contributed by atoms with Crippen LogP contribution in [-0.4, -0.2) is 19.2 Å². The fourth-order valence-electron chi connectivity index (χ4n) is 1.80. The number of benzene rings is 1. The molecule has 2 heterocycles. The lowest BCUT2D eigenvalue weighted by Gasteiger charge is -2.04. The monoisotopic (exact) mass is 269 g/mol. The third kappa shape index (κ3) is 2.24. The van der Waals surface area contributed by atoms with E-state index in [0.717, 1.165) is 16.5 Å². The third-order valence-electron chi connectivity index (χ3n) is 2.72. The first kappa shape index (κ1) is 11.9. The highest BCUT2D eigenvalue weighted by Crippen LogP contribution is 2.21. The molecule has 5 heteroatoms. The molecule has 1 atom stereocenters. The van der Waals surface area contributed by atoms with Crippen LogP contribution in [0.15, 0.2) is 59.0 Å². The maximum atomic E-state index is 12.5. The van der Waals surface area contributed by atoms with Crippen molar-refractivity contribution in [1.29, 1.82) is 0 Å². The Morgan fingerprint density at radius 2 is 1.74 bits per heavy atom. The van der Waals surface area contributed by atoms with Crippen molar-refractivity contribution in [2.24, 2.45) is 0 Å². The highest BCUT2D eigenvalue weighted by Gasteiger charge is 2.13. The van der Waals surface area contributed by atoms with Crippen LogP contribution in [0.5, 0.6) is 0 Å². The number of hydrogen-bond acceptors (Lipinski definition) is 4. The second-order valence-electron chi connectivity index (χ2n) is 4.14. The van der Waals surface area contributed by atoms with Gasteiger partial charge in [0.05, 0.1) is 10.4 Å². The molecule has 0 aliphatic carbocycles. The molecular weight excluding hydrogens is 258 g/mol. The lowest BCUT2D eigenvalue weighted by Crippen LogP contribution is -2.01. The first-order valence-electron chi connectivity index (χ1n) is 5.80. The van der Waals surface area contributed by atoms with E-state index in [1.54, 1.807) is 24.7 Å². The molecule has 0 spiro atoms. The van der Waals surface area contributed by atoms with Crippen LogP contribution in [0.25, 0.3) is 10.9 Å². The van der Waals surface area contributed by atoms with Gasteiger partial charge < -0.3 is 0 Å². The van der Waals surface area contributed by atoms with Crippen LogP contribution in [0.4, 0.5) is 0 Å². The Morgan fingerprint density at radius 3 is 2.53 bits per heavy atom. The topological polar surface area (TPSA) is 55.7 Å². The van der Waals surface area contributed by atoms with Crippen molar-refractivity contribution in [2.75, 3.05) is 0 Å². The van der Waals surface area contributed by atoms with Crippen LogP contribution in [0.1, 0.15) is 5.56 Å². The van der Waals surface area contributed by atoms with Gasteiger partial charge in [0.25, 0.3) is 0 Å². The molecule has 0 saturated heterocycles. The van der Waals surface area contributed by atoms with Crippen molar-refractivity contribution >= 4 is 21.7 Å². The van der Waals surface area contributed by atoms with E-state index in [4.69, 9.17) is 0 Å². The van der Waals surface area contributed by atoms with Crippen molar-refractivity contribution in [3.63, 3.8) is 0 Å². The Labute approximate surface area is 113 Å². The van der Waals surface area contributed by atoms with Gasteiger partial charge in [-0.25, -0.2) is 14.2 Å². The Balaban J connectivity index is 2.14. The predicted octanol–water partition coefficient (Wildman–Crippen LogP) is 2.50. The van der Waals surface area contributed by atoms with Crippen molar-refractivity contribution < 1.29 is 4.21 Å². The first-order valence-corrected chi connectivity index (χ1v) is 6.95. The summed E-state index contributed by atoms with van der Waals surface area (Å²) in [6.45, 7) is 1.90. The molecule has 0 radical (unpaired) electrons. The average Bonchev–Trinajstić information content (AvgIpc) is 2.47. The molecule has 3 rings (SSSR count). The summed E-state index contributed by atoms with van der Waals surface area (Å²) in [4.78, 5) is 13.2. The van der Waals surface area contributed by atoms with E-state index in [1.807, 2.05) is 31.2 Å². The zero-order valence-corrected chi connectivity index (χ0v) is 11.1. The SMILES string of the molecule is Cc1cnc(S(=O)c2cccc3cccnc23)nc1. The highest BCUT2D eigenvalue weighted by molar-refractivity contribution is 7.85. The van der Waals surface area contributed by atoms with Gasteiger partial charge in [-0.2, -0.15) is 0 Å². The summed E-state index contributed by atoms with van der Waals surface area (Å²) < 4.78 is 12.5. The van der Waals surface area contributed by atoms with E-state index in [0.29, 0.717) is 10.1 Å². The maximum Gasteiger partial charge on any atom is 0.223 e. The Hall–Kier alpha value is -2.14. The molecule has 0 N–H and O–H groups in total. The third-order valence-corrected chi connectivity index (χ3v) is 3.99. The van der Waals surface area contributed by atoms with E-state index in [1.165, 1.54) is 0 Å². The van der Waals surface area contributed by atoms with Gasteiger partial charge in [-0.3, -0.25) is 4.98 Å². The predicted molar refractivity (Wildman–Crippen MR) is 73.2 cm³/mol. The summed E-state index contributed by atoms with van der Waals surface area (Å²) in [5.41, 5.74) is 1.67. The summed E-state index contributed by atoms with van der Waals surface area (Å²) in [6, 6.07) is 9.41. The summed E-state index contributed by atoms with van der Waals surface area (Å²) in [7, 11) is -1.41. The fraction of sp³-hybridized carbons (Fsp3) is 0.0714. The molecule has 0 amide bonds. The number of hydrogen-bond donors (Lipinski definition) is 0. The van der Waals surface area contributed by atoms with E-state index >= 15 is 0 Å². The normalized spacial score (nSPS) is 12.5. The number of aromatic nitrogens is 3. The molecular formula is C14H11N3OS. The Kier molecular flexibility index (Phi) is 3.05. The molecule has 0 bridgehead atoms. The Bertz CT molecular complexity index is 751. The van der Waals surface area contributed by atoms with Gasteiger partial charge in [-0.1, -0.05) is 18.2 Å². The number of para-hydroxylation sites is 1. The number of fused-ring (bicyclic) bond motifs is 1. The zero-order chi connectivity index (χ0) is 13.2. The largest absolute Gasteiger partial charge is 0.255 e. The van der Waals surface area contributed by atoms with Crippen LogP contribution >= 0.6 is 0 Å². The van der Waals surface area contributed by atoms with Crippen molar-refractivity contribution in [3.05, 3.63) is 54.5 Å². The lowest BCUT2D eigenvalue weighted by molar-refractivity contribution is 0.676. The Morgan fingerprint density at radius 1 is 1.00 bits per heavy atom. The second kappa shape index (κ2) is 4.85. The average molecular weight is 269 g/mol. The molecule has 0 saturated carbocycles. The minimum Gasteiger partial charge on any atom is -0.255 e. The standard InChI is InChI=1S/C14H11N3OS/c1-10-8-16-14(17-9-10)19(18)12-6-2-4-11-5-3-7-15-13(11)12/h2-9H,1H3. The molecule has 3 aromatic rings. The number of rotatable bonds is 2. The molecule has 4 nitrogen and oxygen atoms in total. The van der Waals surface area contributed by atoms with Gasteiger partial charge in [0.1, 0.15) is 10.8 Å². The van der Waals surface area contributed by atoms with E-state index in [9.17, 15) is 4.21 Å². The van der Waals surface area contributed by atoms with Gasteiger partial charge in [-0.15, -0.1) is 0 Å². The van der Waals surface area contributed by atoms with Crippen molar-refractivity contribution in [3.8, 4) is 0 Å². The molecule has 1 aromatic carbocycles. The molecule has 1 unspecified atom stereocenters. The highest BCUT2D eigenvalue weighted by atomic mass is 32.2. The summed E-state index contributed by atoms with van der Waals surface area (Å²) in [5, 5.41) is 1.27. The molecule has 94 valence electrons. The van der Waals surface area contributed by atoms with Gasteiger partial charge in [0.15, 0.2) is 0 Å². The summed E-state index contributed by atoms with van der Waals surface area (Å²) >= 11 is 0. The van der Waals surface area contributed by atoms with E-state index in [-0.39, 0.29) is 0 Å². The van der Waals surface area contributed by atoms with Gasteiger partial charge in [0.2, 0.25) is 5.16 Å². The quantitative estimate of drug-likeness (QED) is 0.671. The number of aryl methyl sites for hydroxylation is 1. The minimum atomic E-state index is -1.41.